The second-order valence-corrected chi connectivity index (χ2v) is 7.13. The fourth-order valence-corrected chi connectivity index (χ4v) is 3.03. The molecule has 0 unspecified atom stereocenters. The Bertz CT molecular complexity index is 1180. The molecule has 9 nitrogen and oxygen atoms in total. The number of ether oxygens (including phenoxy) is 4. The summed E-state index contributed by atoms with van der Waals surface area (Å²) in [5.41, 5.74) is 4.18. The number of hydrazone groups is 1. The van der Waals surface area contributed by atoms with Crippen LogP contribution in [0.5, 0.6) is 23.0 Å². The average Bonchev–Trinajstić information content (AvgIpc) is 2.88. The van der Waals surface area contributed by atoms with Gasteiger partial charge in [0.15, 0.2) is 11.5 Å². The first-order valence-electron chi connectivity index (χ1n) is 10.8. The molecule has 2 amide bonds. The lowest BCUT2D eigenvalue weighted by Gasteiger charge is -2.12. The van der Waals surface area contributed by atoms with Gasteiger partial charge in [0.2, 0.25) is 0 Å². The minimum absolute atomic E-state index is 0.295. The highest BCUT2D eigenvalue weighted by atomic mass is 16.5. The van der Waals surface area contributed by atoms with E-state index < -0.39 is 11.8 Å². The van der Waals surface area contributed by atoms with Crippen LogP contribution in [-0.4, -0.2) is 38.9 Å². The van der Waals surface area contributed by atoms with Crippen LogP contribution >= 0.6 is 0 Å². The Morgan fingerprint density at radius 3 is 2.34 bits per heavy atom. The van der Waals surface area contributed by atoms with Gasteiger partial charge in [-0.2, -0.15) is 5.10 Å². The van der Waals surface area contributed by atoms with Crippen LogP contribution in [0.1, 0.15) is 18.1 Å². The Labute approximate surface area is 203 Å². The number of benzene rings is 3. The molecule has 0 saturated heterocycles. The Balaban J connectivity index is 1.61. The van der Waals surface area contributed by atoms with E-state index >= 15 is 0 Å². The summed E-state index contributed by atoms with van der Waals surface area (Å²) in [6.45, 7) is 2.72. The summed E-state index contributed by atoms with van der Waals surface area (Å²) in [6.07, 6.45) is 1.40. The molecule has 0 aliphatic rings. The fraction of sp³-hybridized carbons (Fsp3) is 0.192. The fourth-order valence-electron chi connectivity index (χ4n) is 3.03. The first-order chi connectivity index (χ1) is 17.0. The summed E-state index contributed by atoms with van der Waals surface area (Å²) in [6, 6.07) is 19.9. The summed E-state index contributed by atoms with van der Waals surface area (Å²) in [4.78, 5) is 24.4. The van der Waals surface area contributed by atoms with Crippen LogP contribution in [0.2, 0.25) is 0 Å². The SMILES string of the molecule is CCOc1cc(/C=N/NC(=O)C(=O)Nc2cc(OC)ccc2OC)ccc1OCc1ccccc1. The maximum atomic E-state index is 12.3. The zero-order valence-electron chi connectivity index (χ0n) is 19.7. The maximum absolute atomic E-state index is 12.3. The van der Waals surface area contributed by atoms with Crippen LogP contribution in [0.4, 0.5) is 5.69 Å². The monoisotopic (exact) mass is 477 g/mol. The highest BCUT2D eigenvalue weighted by Crippen LogP contribution is 2.29. The van der Waals surface area contributed by atoms with Crippen LogP contribution in [-0.2, 0) is 16.2 Å². The van der Waals surface area contributed by atoms with Crippen molar-refractivity contribution in [1.82, 2.24) is 5.43 Å². The van der Waals surface area contributed by atoms with Crippen LogP contribution in [0.25, 0.3) is 0 Å². The first kappa shape index (κ1) is 25.1. The standard InChI is InChI=1S/C26H27N3O6/c1-4-34-24-14-19(10-12-23(24)35-17-18-8-6-5-7-9-18)16-27-29-26(31)25(30)28-21-15-20(32-2)11-13-22(21)33-3/h5-16H,4,17H2,1-3H3,(H,28,30)(H,29,31)/b27-16+. The highest BCUT2D eigenvalue weighted by Gasteiger charge is 2.16. The molecule has 0 atom stereocenters. The van der Waals surface area contributed by atoms with Gasteiger partial charge in [0.1, 0.15) is 18.1 Å². The predicted molar refractivity (Wildman–Crippen MR) is 132 cm³/mol. The van der Waals surface area contributed by atoms with Gasteiger partial charge in [0.05, 0.1) is 32.7 Å². The van der Waals surface area contributed by atoms with Gasteiger partial charge >= 0.3 is 11.8 Å². The van der Waals surface area contributed by atoms with E-state index in [2.05, 4.69) is 15.8 Å². The lowest BCUT2D eigenvalue weighted by molar-refractivity contribution is -0.136. The minimum atomic E-state index is -0.945. The summed E-state index contributed by atoms with van der Waals surface area (Å²) < 4.78 is 21.9. The number of nitrogens with one attached hydrogen (secondary N) is 2. The number of amides is 2. The van der Waals surface area contributed by atoms with Crippen LogP contribution in [0.15, 0.2) is 71.8 Å². The van der Waals surface area contributed by atoms with Crippen molar-refractivity contribution < 1.29 is 28.5 Å². The average molecular weight is 478 g/mol. The molecule has 0 aliphatic carbocycles. The van der Waals surface area contributed by atoms with Crippen molar-refractivity contribution in [2.45, 2.75) is 13.5 Å². The largest absolute Gasteiger partial charge is 0.497 e. The van der Waals surface area contributed by atoms with Gasteiger partial charge in [0.25, 0.3) is 0 Å². The van der Waals surface area contributed by atoms with Crippen molar-refractivity contribution in [3.63, 3.8) is 0 Å². The summed E-state index contributed by atoms with van der Waals surface area (Å²) in [5, 5.41) is 6.35. The number of rotatable bonds is 10. The van der Waals surface area contributed by atoms with Gasteiger partial charge in [-0.15, -0.1) is 0 Å². The van der Waals surface area contributed by atoms with Gasteiger partial charge in [-0.1, -0.05) is 30.3 Å². The molecule has 0 saturated carbocycles. The number of anilines is 1. The summed E-state index contributed by atoms with van der Waals surface area (Å²) in [5.74, 6) is 0.159. The molecule has 0 heterocycles. The third-order valence-electron chi connectivity index (χ3n) is 4.75. The molecule has 3 aromatic carbocycles. The lowest BCUT2D eigenvalue weighted by Crippen LogP contribution is -2.32. The smallest absolute Gasteiger partial charge is 0.329 e. The number of carbonyl (C=O) groups excluding carboxylic acids is 2. The third-order valence-corrected chi connectivity index (χ3v) is 4.75. The van der Waals surface area contributed by atoms with Crippen molar-refractivity contribution in [3.8, 4) is 23.0 Å². The van der Waals surface area contributed by atoms with E-state index in [4.69, 9.17) is 18.9 Å². The summed E-state index contributed by atoms with van der Waals surface area (Å²) >= 11 is 0. The van der Waals surface area contributed by atoms with Crippen molar-refractivity contribution in [2.24, 2.45) is 5.10 Å². The molecule has 0 aliphatic heterocycles. The van der Waals surface area contributed by atoms with Crippen LogP contribution in [0, 0.1) is 0 Å². The molecule has 3 rings (SSSR count). The molecule has 0 fully saturated rings. The molecule has 0 bridgehead atoms. The zero-order chi connectivity index (χ0) is 25.0. The van der Waals surface area contributed by atoms with Gasteiger partial charge in [-0.25, -0.2) is 5.43 Å². The Morgan fingerprint density at radius 2 is 1.63 bits per heavy atom. The minimum Gasteiger partial charge on any atom is -0.497 e. The number of hydrogen-bond donors (Lipinski definition) is 2. The Morgan fingerprint density at radius 1 is 0.857 bits per heavy atom. The quantitative estimate of drug-likeness (QED) is 0.262. The summed E-state index contributed by atoms with van der Waals surface area (Å²) in [7, 11) is 2.95. The predicted octanol–water partition coefficient (Wildman–Crippen LogP) is 3.77. The van der Waals surface area contributed by atoms with E-state index in [1.807, 2.05) is 37.3 Å². The van der Waals surface area contributed by atoms with E-state index in [9.17, 15) is 9.59 Å². The van der Waals surface area contributed by atoms with Crippen molar-refractivity contribution in [3.05, 3.63) is 77.9 Å². The molecular weight excluding hydrogens is 450 g/mol. The maximum Gasteiger partial charge on any atom is 0.329 e. The van der Waals surface area contributed by atoms with Crippen molar-refractivity contribution in [2.75, 3.05) is 26.1 Å². The van der Waals surface area contributed by atoms with E-state index in [0.29, 0.717) is 47.5 Å². The number of methoxy groups -OCH3 is 2. The Hall–Kier alpha value is -4.53. The van der Waals surface area contributed by atoms with Gasteiger partial charge in [0, 0.05) is 6.07 Å². The zero-order valence-corrected chi connectivity index (χ0v) is 19.7. The molecule has 182 valence electrons. The van der Waals surface area contributed by atoms with E-state index in [0.717, 1.165) is 5.56 Å². The van der Waals surface area contributed by atoms with E-state index in [-0.39, 0.29) is 0 Å². The van der Waals surface area contributed by atoms with Crippen LogP contribution < -0.4 is 29.7 Å². The normalized spacial score (nSPS) is 10.5. The van der Waals surface area contributed by atoms with Crippen LogP contribution in [0.3, 0.4) is 0 Å². The lowest BCUT2D eigenvalue weighted by atomic mass is 10.2. The highest BCUT2D eigenvalue weighted by molar-refractivity contribution is 6.39. The molecule has 2 N–H and O–H groups in total. The molecule has 0 aromatic heterocycles. The molecular formula is C26H27N3O6. The molecule has 3 aromatic rings. The van der Waals surface area contributed by atoms with Crippen molar-refractivity contribution >= 4 is 23.7 Å². The number of hydrogen-bond acceptors (Lipinski definition) is 7. The first-order valence-corrected chi connectivity index (χ1v) is 10.8. The van der Waals surface area contributed by atoms with Gasteiger partial charge in [-0.3, -0.25) is 9.59 Å². The number of carbonyl (C=O) groups is 2. The topological polar surface area (TPSA) is 107 Å². The molecule has 35 heavy (non-hydrogen) atoms. The van der Waals surface area contributed by atoms with E-state index in [1.165, 1.54) is 20.4 Å². The second kappa shape index (κ2) is 12.6. The van der Waals surface area contributed by atoms with E-state index in [1.54, 1.807) is 36.4 Å². The molecule has 0 radical (unpaired) electrons. The molecule has 9 heteroatoms. The van der Waals surface area contributed by atoms with Gasteiger partial charge in [-0.05, 0) is 48.4 Å². The third kappa shape index (κ3) is 7.23. The molecule has 0 spiro atoms. The van der Waals surface area contributed by atoms with Crippen molar-refractivity contribution in [1.29, 1.82) is 0 Å². The Kier molecular flexibility index (Phi) is 9.07. The second-order valence-electron chi connectivity index (χ2n) is 7.13. The number of nitrogens with zero attached hydrogens (tertiary/aromatic N) is 1. The van der Waals surface area contributed by atoms with Gasteiger partial charge < -0.3 is 24.3 Å².